The molecule has 15 heavy (non-hydrogen) atoms. The molecule has 0 aliphatic heterocycles. The maximum Gasteiger partial charge on any atom is 0.0529 e. The zero-order valence-corrected chi connectivity index (χ0v) is 10.9. The van der Waals surface area contributed by atoms with Gasteiger partial charge in [-0.1, -0.05) is 27.7 Å². The van der Waals surface area contributed by atoms with Crippen molar-refractivity contribution in [3.05, 3.63) is 0 Å². The predicted molar refractivity (Wildman–Crippen MR) is 66.1 cm³/mol. The zero-order chi connectivity index (χ0) is 11.7. The fourth-order valence-corrected chi connectivity index (χ4v) is 1.63. The van der Waals surface area contributed by atoms with Crippen molar-refractivity contribution >= 4 is 0 Å². The van der Waals surface area contributed by atoms with Crippen molar-refractivity contribution in [2.75, 3.05) is 39.4 Å². The van der Waals surface area contributed by atoms with Gasteiger partial charge in [0.05, 0.1) is 6.61 Å². The van der Waals surface area contributed by atoms with Gasteiger partial charge in [0.1, 0.15) is 0 Å². The molecule has 0 bridgehead atoms. The molecule has 0 radical (unpaired) electrons. The summed E-state index contributed by atoms with van der Waals surface area (Å²) in [6, 6.07) is 0. The summed E-state index contributed by atoms with van der Waals surface area (Å²) in [6.45, 7) is 14.6. The van der Waals surface area contributed by atoms with Crippen molar-refractivity contribution in [2.45, 2.75) is 34.1 Å². The van der Waals surface area contributed by atoms with Gasteiger partial charge >= 0.3 is 0 Å². The minimum atomic E-state index is 0.237. The van der Waals surface area contributed by atoms with Gasteiger partial charge in [-0.2, -0.15) is 0 Å². The number of nitrogens with zero attached hydrogens (tertiary/aromatic N) is 1. The quantitative estimate of drug-likeness (QED) is 0.596. The number of ether oxygens (including phenoxy) is 1. The Labute approximate surface area is 95.0 Å². The van der Waals surface area contributed by atoms with E-state index in [0.29, 0.717) is 0 Å². The molecule has 0 saturated carbocycles. The summed E-state index contributed by atoms with van der Waals surface area (Å²) in [5, 5.41) is 0. The van der Waals surface area contributed by atoms with E-state index in [-0.39, 0.29) is 5.41 Å². The van der Waals surface area contributed by atoms with E-state index in [4.69, 9.17) is 10.5 Å². The average Bonchev–Trinajstić information content (AvgIpc) is 2.21. The third-order valence-electron chi connectivity index (χ3n) is 2.53. The van der Waals surface area contributed by atoms with Gasteiger partial charge in [-0.15, -0.1) is 0 Å². The highest BCUT2D eigenvalue weighted by atomic mass is 16.5. The molecular formula is C12H28N2O. The molecule has 0 aliphatic rings. The molecule has 0 spiro atoms. The van der Waals surface area contributed by atoms with Crippen LogP contribution in [-0.2, 0) is 4.74 Å². The number of hydrogen-bond donors (Lipinski definition) is 1. The Kier molecular flexibility index (Phi) is 8.02. The molecule has 0 heterocycles. The fourth-order valence-electron chi connectivity index (χ4n) is 1.63. The van der Waals surface area contributed by atoms with E-state index in [1.165, 1.54) is 0 Å². The van der Waals surface area contributed by atoms with Gasteiger partial charge in [-0.05, 0) is 26.1 Å². The normalized spacial score (nSPS) is 12.4. The largest absolute Gasteiger partial charge is 0.381 e. The Morgan fingerprint density at radius 2 is 1.80 bits per heavy atom. The van der Waals surface area contributed by atoms with E-state index in [0.717, 1.165) is 45.8 Å². The second-order valence-electron chi connectivity index (χ2n) is 4.82. The lowest BCUT2D eigenvalue weighted by atomic mass is 9.94. The second-order valence-corrected chi connectivity index (χ2v) is 4.82. The maximum absolute atomic E-state index is 5.62. The van der Waals surface area contributed by atoms with Crippen LogP contribution in [0.4, 0.5) is 0 Å². The van der Waals surface area contributed by atoms with E-state index in [2.05, 4.69) is 32.6 Å². The third kappa shape index (κ3) is 7.77. The van der Waals surface area contributed by atoms with Gasteiger partial charge in [0.25, 0.3) is 0 Å². The van der Waals surface area contributed by atoms with Crippen LogP contribution in [0.3, 0.4) is 0 Å². The standard InChI is InChI=1S/C12H28N2O/c1-5-14(6-2)10-12(3,4)11-15-9-7-8-13/h5-11,13H2,1-4H3. The van der Waals surface area contributed by atoms with E-state index >= 15 is 0 Å². The summed E-state index contributed by atoms with van der Waals surface area (Å²) in [5.74, 6) is 0. The van der Waals surface area contributed by atoms with Crippen molar-refractivity contribution in [2.24, 2.45) is 11.1 Å². The van der Waals surface area contributed by atoms with Crippen molar-refractivity contribution in [1.82, 2.24) is 4.90 Å². The van der Waals surface area contributed by atoms with Crippen LogP contribution in [0.5, 0.6) is 0 Å². The molecule has 0 amide bonds. The molecule has 3 nitrogen and oxygen atoms in total. The van der Waals surface area contributed by atoms with Gasteiger partial charge in [0.15, 0.2) is 0 Å². The molecule has 0 aromatic carbocycles. The van der Waals surface area contributed by atoms with Gasteiger partial charge in [-0.25, -0.2) is 0 Å². The minimum Gasteiger partial charge on any atom is -0.381 e. The van der Waals surface area contributed by atoms with Crippen LogP contribution in [0, 0.1) is 5.41 Å². The van der Waals surface area contributed by atoms with Gasteiger partial charge < -0.3 is 15.4 Å². The lowest BCUT2D eigenvalue weighted by Crippen LogP contribution is -2.37. The predicted octanol–water partition coefficient (Wildman–Crippen LogP) is 1.72. The lowest BCUT2D eigenvalue weighted by molar-refractivity contribution is 0.0410. The van der Waals surface area contributed by atoms with Crippen molar-refractivity contribution in [3.8, 4) is 0 Å². The zero-order valence-electron chi connectivity index (χ0n) is 10.9. The van der Waals surface area contributed by atoms with Crippen LogP contribution in [0.25, 0.3) is 0 Å². The summed E-state index contributed by atoms with van der Waals surface area (Å²) in [6.07, 6.45) is 0.960. The molecule has 0 atom stereocenters. The van der Waals surface area contributed by atoms with E-state index in [9.17, 15) is 0 Å². The van der Waals surface area contributed by atoms with Crippen LogP contribution in [-0.4, -0.2) is 44.3 Å². The van der Waals surface area contributed by atoms with E-state index < -0.39 is 0 Å². The summed E-state index contributed by atoms with van der Waals surface area (Å²) in [7, 11) is 0. The molecule has 0 aliphatic carbocycles. The Morgan fingerprint density at radius 1 is 1.20 bits per heavy atom. The second kappa shape index (κ2) is 8.08. The lowest BCUT2D eigenvalue weighted by Gasteiger charge is -2.31. The highest BCUT2D eigenvalue weighted by molar-refractivity contribution is 4.72. The third-order valence-corrected chi connectivity index (χ3v) is 2.53. The van der Waals surface area contributed by atoms with Gasteiger partial charge in [0, 0.05) is 18.6 Å². The molecule has 0 saturated heterocycles. The highest BCUT2D eigenvalue weighted by Crippen LogP contribution is 2.17. The number of hydrogen-bond acceptors (Lipinski definition) is 3. The summed E-state index contributed by atoms with van der Waals surface area (Å²) in [4.78, 5) is 2.44. The number of nitrogens with two attached hydrogens (primary N) is 1. The van der Waals surface area contributed by atoms with Crippen molar-refractivity contribution in [3.63, 3.8) is 0 Å². The van der Waals surface area contributed by atoms with E-state index in [1.807, 2.05) is 0 Å². The summed E-state index contributed by atoms with van der Waals surface area (Å²) < 4.78 is 5.62. The molecule has 92 valence electrons. The van der Waals surface area contributed by atoms with Crippen LogP contribution in [0.2, 0.25) is 0 Å². The van der Waals surface area contributed by atoms with Gasteiger partial charge in [-0.3, -0.25) is 0 Å². The molecule has 0 aromatic rings. The first-order valence-corrected chi connectivity index (χ1v) is 6.06. The summed E-state index contributed by atoms with van der Waals surface area (Å²) in [5.41, 5.74) is 5.65. The van der Waals surface area contributed by atoms with Crippen LogP contribution >= 0.6 is 0 Å². The highest BCUT2D eigenvalue weighted by Gasteiger charge is 2.20. The van der Waals surface area contributed by atoms with Gasteiger partial charge in [0.2, 0.25) is 0 Å². The van der Waals surface area contributed by atoms with Crippen LogP contribution in [0.15, 0.2) is 0 Å². The Hall–Kier alpha value is -0.120. The monoisotopic (exact) mass is 216 g/mol. The first-order chi connectivity index (χ1) is 7.05. The average molecular weight is 216 g/mol. The molecule has 0 unspecified atom stereocenters. The molecule has 2 N–H and O–H groups in total. The Morgan fingerprint density at radius 3 is 2.27 bits per heavy atom. The maximum atomic E-state index is 5.62. The minimum absolute atomic E-state index is 0.237. The smallest absolute Gasteiger partial charge is 0.0529 e. The van der Waals surface area contributed by atoms with Crippen LogP contribution in [0.1, 0.15) is 34.1 Å². The SMILES string of the molecule is CCN(CC)CC(C)(C)COCCCN. The molecule has 3 heteroatoms. The molecule has 0 aromatic heterocycles. The van der Waals surface area contributed by atoms with Crippen molar-refractivity contribution in [1.29, 1.82) is 0 Å². The number of rotatable bonds is 9. The Balaban J connectivity index is 3.74. The molecular weight excluding hydrogens is 188 g/mol. The first-order valence-electron chi connectivity index (χ1n) is 6.06. The summed E-state index contributed by atoms with van der Waals surface area (Å²) >= 11 is 0. The first kappa shape index (κ1) is 14.9. The van der Waals surface area contributed by atoms with E-state index in [1.54, 1.807) is 0 Å². The molecule has 0 rings (SSSR count). The fraction of sp³-hybridized carbons (Fsp3) is 1.00. The Bertz CT molecular complexity index is 145. The van der Waals surface area contributed by atoms with Crippen molar-refractivity contribution < 1.29 is 4.74 Å². The topological polar surface area (TPSA) is 38.5 Å². The molecule has 0 fully saturated rings. The van der Waals surface area contributed by atoms with Crippen LogP contribution < -0.4 is 5.73 Å².